The number of aromatic hydroxyl groups is 2. The van der Waals surface area contributed by atoms with Crippen LogP contribution in [0.25, 0.3) is 0 Å². The summed E-state index contributed by atoms with van der Waals surface area (Å²) in [5.41, 5.74) is 2.18. The molecule has 0 aliphatic carbocycles. The topological polar surface area (TPSA) is 61.7 Å². The van der Waals surface area contributed by atoms with Gasteiger partial charge in [-0.1, -0.05) is 6.07 Å². The number of hydroxylamine groups is 1. The number of hydrogen-bond acceptors (Lipinski definition) is 4. The highest BCUT2D eigenvalue weighted by molar-refractivity contribution is 5.44. The maximum atomic E-state index is 11.8. The first kappa shape index (κ1) is 13.6. The molecule has 4 nitrogen and oxygen atoms in total. The summed E-state index contributed by atoms with van der Waals surface area (Å²) >= 11 is 0. The lowest BCUT2D eigenvalue weighted by Crippen LogP contribution is -2.26. The van der Waals surface area contributed by atoms with Crippen molar-refractivity contribution in [2.75, 3.05) is 6.61 Å². The van der Waals surface area contributed by atoms with E-state index in [2.05, 4.69) is 10.3 Å². The van der Waals surface area contributed by atoms with E-state index in [0.717, 1.165) is 0 Å². The maximum Gasteiger partial charge on any atom is 0.413 e. The third-order valence-electron chi connectivity index (χ3n) is 1.99. The van der Waals surface area contributed by atoms with Gasteiger partial charge in [-0.3, -0.25) is 4.84 Å². The third kappa shape index (κ3) is 4.12. The lowest BCUT2D eigenvalue weighted by Gasteiger charge is -2.17. The number of rotatable bonds is 4. The highest BCUT2D eigenvalue weighted by Gasteiger charge is 2.28. The average molecular weight is 251 g/mol. The van der Waals surface area contributed by atoms with Gasteiger partial charge in [-0.15, -0.1) is 0 Å². The molecular weight excluding hydrogens is 239 g/mol. The Labute approximate surface area is 95.6 Å². The van der Waals surface area contributed by atoms with Gasteiger partial charge in [0.15, 0.2) is 6.61 Å². The van der Waals surface area contributed by atoms with Gasteiger partial charge in [-0.05, 0) is 19.1 Å². The second kappa shape index (κ2) is 5.24. The van der Waals surface area contributed by atoms with Crippen molar-refractivity contribution in [1.82, 2.24) is 5.48 Å². The van der Waals surface area contributed by atoms with E-state index in [1.54, 1.807) is 0 Å². The highest BCUT2D eigenvalue weighted by Crippen LogP contribution is 2.32. The van der Waals surface area contributed by atoms with E-state index < -0.39 is 18.8 Å². The molecule has 96 valence electrons. The van der Waals surface area contributed by atoms with Gasteiger partial charge in [-0.25, -0.2) is 0 Å². The summed E-state index contributed by atoms with van der Waals surface area (Å²) in [5, 5.41) is 18.9. The largest absolute Gasteiger partial charge is 0.507 e. The Morgan fingerprint density at radius 1 is 1.29 bits per heavy atom. The molecule has 0 fully saturated rings. The molecule has 0 aromatic heterocycles. The van der Waals surface area contributed by atoms with E-state index >= 15 is 0 Å². The average Bonchev–Trinajstić information content (AvgIpc) is 2.15. The van der Waals surface area contributed by atoms with Gasteiger partial charge in [0.2, 0.25) is 0 Å². The Kier molecular flexibility index (Phi) is 4.19. The first-order chi connectivity index (χ1) is 7.81. The molecule has 1 aromatic carbocycles. The molecule has 1 aromatic rings. The number of nitrogens with one attached hydrogen (secondary N) is 1. The van der Waals surface area contributed by atoms with E-state index in [9.17, 15) is 23.4 Å². The van der Waals surface area contributed by atoms with Gasteiger partial charge in [-0.2, -0.15) is 18.7 Å². The summed E-state index contributed by atoms with van der Waals surface area (Å²) in [6.45, 7) is -0.00313. The molecule has 0 aliphatic rings. The molecule has 3 N–H and O–H groups in total. The second-order valence-corrected chi connectivity index (χ2v) is 3.45. The van der Waals surface area contributed by atoms with Crippen molar-refractivity contribution in [2.45, 2.75) is 19.1 Å². The zero-order valence-corrected chi connectivity index (χ0v) is 8.95. The second-order valence-electron chi connectivity index (χ2n) is 3.45. The molecule has 0 saturated heterocycles. The number of phenols is 2. The summed E-state index contributed by atoms with van der Waals surface area (Å²) in [5.74, 6) is -0.443. The number of halogens is 3. The number of phenolic OH excluding ortho intramolecular Hbond substituents is 2. The lowest BCUT2D eigenvalue weighted by atomic mass is 10.1. The Morgan fingerprint density at radius 3 is 2.29 bits per heavy atom. The molecule has 1 rings (SSSR count). The summed E-state index contributed by atoms with van der Waals surface area (Å²) in [7, 11) is 0. The Bertz CT molecular complexity index is 361. The molecule has 0 saturated carbocycles. The molecular formula is C10H12F3NO3. The summed E-state index contributed by atoms with van der Waals surface area (Å²) in [6.07, 6.45) is -4.44. The Balaban J connectivity index is 2.61. The van der Waals surface area contributed by atoms with Crippen LogP contribution in [0.3, 0.4) is 0 Å². The van der Waals surface area contributed by atoms with Gasteiger partial charge in [0.25, 0.3) is 0 Å². The maximum absolute atomic E-state index is 11.8. The molecule has 0 radical (unpaired) electrons. The van der Waals surface area contributed by atoms with Crippen molar-refractivity contribution in [3.05, 3.63) is 23.8 Å². The summed E-state index contributed by atoms with van der Waals surface area (Å²) in [4.78, 5) is 4.23. The van der Waals surface area contributed by atoms with Gasteiger partial charge in [0, 0.05) is 0 Å². The first-order valence-electron chi connectivity index (χ1n) is 4.76. The molecule has 17 heavy (non-hydrogen) atoms. The monoisotopic (exact) mass is 251 g/mol. The fourth-order valence-corrected chi connectivity index (χ4v) is 1.29. The van der Waals surface area contributed by atoms with Crippen molar-refractivity contribution < 1.29 is 28.2 Å². The van der Waals surface area contributed by atoms with E-state index in [1.165, 1.54) is 25.1 Å². The van der Waals surface area contributed by atoms with Crippen molar-refractivity contribution in [3.8, 4) is 11.5 Å². The smallest absolute Gasteiger partial charge is 0.413 e. The predicted molar refractivity (Wildman–Crippen MR) is 53.3 cm³/mol. The van der Waals surface area contributed by atoms with Crippen LogP contribution in [0.5, 0.6) is 11.5 Å². The van der Waals surface area contributed by atoms with Gasteiger partial charge in [0.05, 0.1) is 11.6 Å². The van der Waals surface area contributed by atoms with Gasteiger partial charge >= 0.3 is 6.18 Å². The van der Waals surface area contributed by atoms with Crippen LogP contribution in [0.15, 0.2) is 18.2 Å². The van der Waals surface area contributed by atoms with Crippen LogP contribution < -0.4 is 5.48 Å². The first-order valence-corrected chi connectivity index (χ1v) is 4.76. The number of benzene rings is 1. The van der Waals surface area contributed by atoms with E-state index in [1.807, 2.05) is 0 Å². The van der Waals surface area contributed by atoms with Gasteiger partial charge < -0.3 is 10.2 Å². The molecule has 0 amide bonds. The number of hydrogen-bond donors (Lipinski definition) is 3. The van der Waals surface area contributed by atoms with Gasteiger partial charge in [0.1, 0.15) is 11.5 Å². The zero-order chi connectivity index (χ0) is 13.1. The van der Waals surface area contributed by atoms with Crippen molar-refractivity contribution in [2.24, 2.45) is 0 Å². The Hall–Kier alpha value is -1.47. The van der Waals surface area contributed by atoms with Crippen LogP contribution in [-0.4, -0.2) is 23.0 Å². The quantitative estimate of drug-likeness (QED) is 0.718. The zero-order valence-electron chi connectivity index (χ0n) is 8.95. The standard InChI is InChI=1S/C10H12F3NO3/c1-6(14-17-5-10(11,12)13)9-7(15)3-2-4-8(9)16/h2-4,6,14-16H,5H2,1H3. The van der Waals surface area contributed by atoms with E-state index in [0.29, 0.717) is 0 Å². The van der Waals surface area contributed by atoms with Crippen molar-refractivity contribution in [1.29, 1.82) is 0 Å². The van der Waals surface area contributed by atoms with Crippen LogP contribution in [0.2, 0.25) is 0 Å². The molecule has 0 bridgehead atoms. The Morgan fingerprint density at radius 2 is 1.82 bits per heavy atom. The molecule has 1 atom stereocenters. The van der Waals surface area contributed by atoms with Crippen LogP contribution in [-0.2, 0) is 4.84 Å². The molecule has 0 spiro atoms. The summed E-state index contributed by atoms with van der Waals surface area (Å²) < 4.78 is 35.4. The minimum absolute atomic E-state index is 0.0784. The van der Waals surface area contributed by atoms with E-state index in [-0.39, 0.29) is 17.1 Å². The SMILES string of the molecule is CC(NOCC(F)(F)F)c1c(O)cccc1O. The van der Waals surface area contributed by atoms with Crippen molar-refractivity contribution in [3.63, 3.8) is 0 Å². The van der Waals surface area contributed by atoms with Crippen molar-refractivity contribution >= 4 is 0 Å². The molecule has 7 heteroatoms. The minimum atomic E-state index is -4.44. The third-order valence-corrected chi connectivity index (χ3v) is 1.99. The fourth-order valence-electron chi connectivity index (χ4n) is 1.29. The lowest BCUT2D eigenvalue weighted by molar-refractivity contribution is -0.192. The normalized spacial score (nSPS) is 13.6. The highest BCUT2D eigenvalue weighted by atomic mass is 19.4. The fraction of sp³-hybridized carbons (Fsp3) is 0.400. The molecule has 1 unspecified atom stereocenters. The minimum Gasteiger partial charge on any atom is -0.507 e. The van der Waals surface area contributed by atoms with Crippen LogP contribution in [0.1, 0.15) is 18.5 Å². The molecule has 0 aliphatic heterocycles. The van der Waals surface area contributed by atoms with Crippen LogP contribution >= 0.6 is 0 Å². The van der Waals surface area contributed by atoms with Crippen LogP contribution in [0, 0.1) is 0 Å². The predicted octanol–water partition coefficient (Wildman–Crippen LogP) is 2.24. The van der Waals surface area contributed by atoms with Crippen LogP contribution in [0.4, 0.5) is 13.2 Å². The van der Waals surface area contributed by atoms with E-state index in [4.69, 9.17) is 0 Å². The number of alkyl halides is 3. The summed E-state index contributed by atoms with van der Waals surface area (Å²) in [6, 6.07) is 3.27. The molecule has 0 heterocycles.